The molecule has 0 unspecified atom stereocenters. The summed E-state index contributed by atoms with van der Waals surface area (Å²) in [5, 5.41) is 6.56. The first-order valence-electron chi connectivity index (χ1n) is 9.54. The number of nitrogens with one attached hydrogen (secondary N) is 2. The van der Waals surface area contributed by atoms with Gasteiger partial charge in [0.05, 0.1) is 6.54 Å². The number of aliphatic imine (C=N–C) groups is 1. The fourth-order valence-corrected chi connectivity index (χ4v) is 3.36. The number of ether oxygens (including phenoxy) is 1. The van der Waals surface area contributed by atoms with Crippen molar-refractivity contribution in [2.45, 2.75) is 18.9 Å². The predicted molar refractivity (Wildman–Crippen MR) is 111 cm³/mol. The van der Waals surface area contributed by atoms with Crippen LogP contribution in [0.1, 0.15) is 18.4 Å². The zero-order chi connectivity index (χ0) is 18.5. The molecular weight excluding hydrogens is 336 g/mol. The number of anilines is 1. The number of nitrogens with zero attached hydrogens (tertiary/aromatic N) is 2. The summed E-state index contributed by atoms with van der Waals surface area (Å²) in [5.41, 5.74) is 3.37. The van der Waals surface area contributed by atoms with Gasteiger partial charge in [0.15, 0.2) is 5.96 Å². The van der Waals surface area contributed by atoms with Crippen LogP contribution in [0.15, 0.2) is 65.8 Å². The summed E-state index contributed by atoms with van der Waals surface area (Å²) in [5.74, 6) is 1.69. The molecule has 0 aromatic heterocycles. The molecule has 0 aliphatic carbocycles. The van der Waals surface area contributed by atoms with E-state index in [9.17, 15) is 0 Å². The molecule has 5 heteroatoms. The number of hydrogen-bond donors (Lipinski definition) is 2. The minimum absolute atomic E-state index is 0.325. The van der Waals surface area contributed by atoms with Gasteiger partial charge in [0.25, 0.3) is 0 Å². The van der Waals surface area contributed by atoms with E-state index in [1.54, 1.807) is 0 Å². The zero-order valence-corrected chi connectivity index (χ0v) is 15.7. The molecular formula is C22H26N4O. The molecule has 2 aliphatic rings. The molecule has 1 saturated heterocycles. The maximum absolute atomic E-state index is 6.10. The Labute approximate surface area is 160 Å². The van der Waals surface area contributed by atoms with E-state index < -0.39 is 0 Å². The third kappa shape index (κ3) is 4.68. The summed E-state index contributed by atoms with van der Waals surface area (Å²) >= 11 is 0. The first-order valence-corrected chi connectivity index (χ1v) is 9.54. The van der Waals surface area contributed by atoms with Gasteiger partial charge >= 0.3 is 0 Å². The molecule has 0 atom stereocenters. The molecule has 0 spiro atoms. The average molecular weight is 362 g/mol. The van der Waals surface area contributed by atoms with Crippen LogP contribution in [-0.4, -0.2) is 43.6 Å². The Balaban J connectivity index is 1.30. The summed E-state index contributed by atoms with van der Waals surface area (Å²) in [4.78, 5) is 6.95. The molecule has 5 nitrogen and oxygen atoms in total. The quantitative estimate of drug-likeness (QED) is 0.873. The van der Waals surface area contributed by atoms with Crippen LogP contribution < -0.4 is 15.4 Å². The van der Waals surface area contributed by atoms with E-state index in [0.717, 1.165) is 43.3 Å². The second-order valence-corrected chi connectivity index (χ2v) is 7.11. The monoisotopic (exact) mass is 362 g/mol. The van der Waals surface area contributed by atoms with Crippen molar-refractivity contribution in [1.29, 1.82) is 0 Å². The lowest BCUT2D eigenvalue weighted by Crippen LogP contribution is -2.35. The minimum Gasteiger partial charge on any atom is -0.490 e. The van der Waals surface area contributed by atoms with Crippen LogP contribution in [0.3, 0.4) is 0 Å². The van der Waals surface area contributed by atoms with Gasteiger partial charge in [0.1, 0.15) is 11.9 Å². The van der Waals surface area contributed by atoms with Crippen molar-refractivity contribution >= 4 is 17.2 Å². The number of piperidine rings is 1. The van der Waals surface area contributed by atoms with Crippen LogP contribution in [0, 0.1) is 0 Å². The molecule has 140 valence electrons. The highest BCUT2D eigenvalue weighted by atomic mass is 16.5. The van der Waals surface area contributed by atoms with E-state index in [1.165, 1.54) is 11.1 Å². The maximum Gasteiger partial charge on any atom is 0.200 e. The zero-order valence-electron chi connectivity index (χ0n) is 15.7. The Morgan fingerprint density at radius 1 is 1.04 bits per heavy atom. The molecule has 1 fully saturated rings. The van der Waals surface area contributed by atoms with Crippen molar-refractivity contribution in [3.05, 3.63) is 66.4 Å². The average Bonchev–Trinajstić information content (AvgIpc) is 2.72. The Kier molecular flexibility index (Phi) is 5.39. The lowest BCUT2D eigenvalue weighted by molar-refractivity contribution is 0.114. The number of benzene rings is 2. The molecule has 0 saturated carbocycles. The summed E-state index contributed by atoms with van der Waals surface area (Å²) < 4.78 is 6.10. The van der Waals surface area contributed by atoms with Crippen molar-refractivity contribution in [1.82, 2.24) is 10.2 Å². The molecule has 0 bridgehead atoms. The van der Waals surface area contributed by atoms with E-state index in [-0.39, 0.29) is 0 Å². The van der Waals surface area contributed by atoms with Gasteiger partial charge in [0.2, 0.25) is 0 Å². The Morgan fingerprint density at radius 2 is 1.78 bits per heavy atom. The van der Waals surface area contributed by atoms with Crippen molar-refractivity contribution < 1.29 is 4.74 Å². The highest BCUT2D eigenvalue weighted by Crippen LogP contribution is 2.21. The number of guanidine groups is 1. The molecule has 4 rings (SSSR count). The van der Waals surface area contributed by atoms with Crippen LogP contribution in [0.4, 0.5) is 5.69 Å². The summed E-state index contributed by atoms with van der Waals surface area (Å²) in [6.07, 6.45) is 4.52. The van der Waals surface area contributed by atoms with Crippen LogP contribution in [-0.2, 0) is 0 Å². The van der Waals surface area contributed by atoms with Gasteiger partial charge in [0, 0.05) is 25.0 Å². The number of likely N-dealkylation sites (tertiary alicyclic amines) is 1. The van der Waals surface area contributed by atoms with Gasteiger partial charge in [-0.2, -0.15) is 0 Å². The maximum atomic E-state index is 6.10. The summed E-state index contributed by atoms with van der Waals surface area (Å²) in [6.45, 7) is 2.87. The predicted octanol–water partition coefficient (Wildman–Crippen LogP) is 3.57. The third-order valence-corrected chi connectivity index (χ3v) is 5.02. The second-order valence-electron chi connectivity index (χ2n) is 7.11. The number of rotatable bonds is 4. The SMILES string of the molecule is CN1CCC(Oc2ccc(NC3=NCC(c4ccccc4)=CN3)cc2)CC1. The number of hydrogen-bond acceptors (Lipinski definition) is 5. The van der Waals surface area contributed by atoms with Crippen LogP contribution in [0.25, 0.3) is 5.57 Å². The van der Waals surface area contributed by atoms with Crippen molar-refractivity contribution in [2.24, 2.45) is 4.99 Å². The Hall–Kier alpha value is -2.79. The van der Waals surface area contributed by atoms with E-state index in [1.807, 2.05) is 48.7 Å². The van der Waals surface area contributed by atoms with Gasteiger partial charge in [-0.05, 0) is 55.3 Å². The largest absolute Gasteiger partial charge is 0.490 e. The van der Waals surface area contributed by atoms with Crippen molar-refractivity contribution in [2.75, 3.05) is 32.0 Å². The highest BCUT2D eigenvalue weighted by molar-refractivity contribution is 5.96. The summed E-state index contributed by atoms with van der Waals surface area (Å²) in [7, 11) is 2.16. The lowest BCUT2D eigenvalue weighted by Gasteiger charge is -2.29. The van der Waals surface area contributed by atoms with Gasteiger partial charge in [-0.1, -0.05) is 30.3 Å². The molecule has 2 aromatic rings. The molecule has 27 heavy (non-hydrogen) atoms. The van der Waals surface area contributed by atoms with Crippen LogP contribution in [0.2, 0.25) is 0 Å². The van der Waals surface area contributed by atoms with E-state index in [4.69, 9.17) is 4.74 Å². The molecule has 2 N–H and O–H groups in total. The molecule has 2 heterocycles. The van der Waals surface area contributed by atoms with Gasteiger partial charge in [-0.15, -0.1) is 0 Å². The fraction of sp³-hybridized carbons (Fsp3) is 0.318. The van der Waals surface area contributed by atoms with Gasteiger partial charge in [-0.3, -0.25) is 0 Å². The van der Waals surface area contributed by atoms with Crippen LogP contribution >= 0.6 is 0 Å². The molecule has 0 amide bonds. The van der Waals surface area contributed by atoms with Crippen molar-refractivity contribution in [3.8, 4) is 5.75 Å². The van der Waals surface area contributed by atoms with E-state index in [0.29, 0.717) is 12.6 Å². The highest BCUT2D eigenvalue weighted by Gasteiger charge is 2.18. The van der Waals surface area contributed by atoms with E-state index in [2.05, 4.69) is 39.7 Å². The first kappa shape index (κ1) is 17.6. The Morgan fingerprint density at radius 3 is 2.44 bits per heavy atom. The van der Waals surface area contributed by atoms with Gasteiger partial charge in [-0.25, -0.2) is 4.99 Å². The topological polar surface area (TPSA) is 48.9 Å². The molecule has 2 aromatic carbocycles. The minimum atomic E-state index is 0.325. The lowest BCUT2D eigenvalue weighted by atomic mass is 10.1. The molecule has 2 aliphatic heterocycles. The normalized spacial score (nSPS) is 18.3. The molecule has 0 radical (unpaired) electrons. The van der Waals surface area contributed by atoms with Gasteiger partial charge < -0.3 is 20.3 Å². The second kappa shape index (κ2) is 8.27. The Bertz CT molecular complexity index is 806. The standard InChI is InChI=1S/C22H26N4O/c1-26-13-11-21(12-14-26)27-20-9-7-19(8-10-20)25-22-23-15-18(16-24-22)17-5-3-2-4-6-17/h2-10,15,21H,11-14,16H2,1H3,(H2,23,24,25). The third-order valence-electron chi connectivity index (χ3n) is 5.02. The smallest absolute Gasteiger partial charge is 0.200 e. The van der Waals surface area contributed by atoms with Crippen molar-refractivity contribution in [3.63, 3.8) is 0 Å². The summed E-state index contributed by atoms with van der Waals surface area (Å²) in [6, 6.07) is 18.4. The van der Waals surface area contributed by atoms with Crippen LogP contribution in [0.5, 0.6) is 5.75 Å². The fourth-order valence-electron chi connectivity index (χ4n) is 3.36. The first-order chi connectivity index (χ1) is 13.3. The van der Waals surface area contributed by atoms with E-state index >= 15 is 0 Å².